The fourth-order valence-electron chi connectivity index (χ4n) is 1.35. The van der Waals surface area contributed by atoms with Gasteiger partial charge in [0.15, 0.2) is 0 Å². The Morgan fingerprint density at radius 3 is 2.93 bits per heavy atom. The Balaban J connectivity index is 2.43. The van der Waals surface area contributed by atoms with Crippen LogP contribution in [0.15, 0.2) is 41.4 Å². The number of pyridine rings is 1. The number of aliphatic hydroxyl groups excluding tert-OH is 1. The van der Waals surface area contributed by atoms with E-state index in [0.717, 1.165) is 21.6 Å². The molecule has 1 heterocycles. The first-order chi connectivity index (χ1) is 6.92. The van der Waals surface area contributed by atoms with Gasteiger partial charge in [-0.05, 0) is 12.1 Å². The van der Waals surface area contributed by atoms with Gasteiger partial charge >= 0.3 is 0 Å². The fourth-order valence-corrected chi connectivity index (χ4v) is 2.14. The molecule has 0 amide bonds. The van der Waals surface area contributed by atoms with E-state index in [0.29, 0.717) is 0 Å². The van der Waals surface area contributed by atoms with Crippen molar-refractivity contribution in [3.8, 4) is 0 Å². The van der Waals surface area contributed by atoms with Crippen molar-refractivity contribution in [3.05, 3.63) is 36.5 Å². The number of hydrogen-bond donors (Lipinski definition) is 1. The molecule has 1 aromatic heterocycles. The highest BCUT2D eigenvalue weighted by Crippen LogP contribution is 2.25. The zero-order chi connectivity index (χ0) is 9.80. The second-order valence-corrected chi connectivity index (χ2v) is 4.04. The van der Waals surface area contributed by atoms with Crippen molar-refractivity contribution in [2.45, 2.75) is 4.90 Å². The predicted molar refractivity (Wildman–Crippen MR) is 59.6 cm³/mol. The highest BCUT2D eigenvalue weighted by molar-refractivity contribution is 7.99. The van der Waals surface area contributed by atoms with Gasteiger partial charge in [0.25, 0.3) is 0 Å². The van der Waals surface area contributed by atoms with Gasteiger partial charge in [0.2, 0.25) is 0 Å². The molecule has 0 saturated heterocycles. The number of nitrogens with zero attached hydrogens (tertiary/aromatic N) is 1. The molecule has 0 aliphatic heterocycles. The number of hydrogen-bond acceptors (Lipinski definition) is 3. The first-order valence-corrected chi connectivity index (χ1v) is 5.48. The minimum atomic E-state index is 0.202. The van der Waals surface area contributed by atoms with Crippen LogP contribution in [0, 0.1) is 0 Å². The maximum atomic E-state index is 8.76. The van der Waals surface area contributed by atoms with Gasteiger partial charge in [0.05, 0.1) is 12.1 Å². The Kier molecular flexibility index (Phi) is 3.01. The lowest BCUT2D eigenvalue weighted by Gasteiger charge is -2.03. The summed E-state index contributed by atoms with van der Waals surface area (Å²) in [4.78, 5) is 5.47. The van der Waals surface area contributed by atoms with E-state index < -0.39 is 0 Å². The minimum Gasteiger partial charge on any atom is -0.396 e. The zero-order valence-electron chi connectivity index (χ0n) is 7.68. The standard InChI is InChI=1S/C11H11NOS/c13-7-8-14-10-5-1-3-9-4-2-6-12-11(9)10/h1-6,13H,7-8H2. The molecular formula is C11H11NOS. The van der Waals surface area contributed by atoms with E-state index in [2.05, 4.69) is 4.98 Å². The fraction of sp³-hybridized carbons (Fsp3) is 0.182. The molecule has 1 N–H and O–H groups in total. The van der Waals surface area contributed by atoms with Gasteiger partial charge in [-0.3, -0.25) is 4.98 Å². The van der Waals surface area contributed by atoms with Crippen LogP contribution in [0.25, 0.3) is 10.9 Å². The Bertz CT molecular complexity index is 425. The Morgan fingerprint density at radius 1 is 1.21 bits per heavy atom. The van der Waals surface area contributed by atoms with Gasteiger partial charge in [0, 0.05) is 22.2 Å². The maximum Gasteiger partial charge on any atom is 0.0837 e. The molecule has 0 atom stereocenters. The molecule has 3 heteroatoms. The van der Waals surface area contributed by atoms with Crippen LogP contribution < -0.4 is 0 Å². The zero-order valence-corrected chi connectivity index (χ0v) is 8.50. The van der Waals surface area contributed by atoms with Crippen LogP contribution >= 0.6 is 11.8 Å². The largest absolute Gasteiger partial charge is 0.396 e. The second kappa shape index (κ2) is 4.44. The average Bonchev–Trinajstić information content (AvgIpc) is 2.26. The van der Waals surface area contributed by atoms with E-state index in [-0.39, 0.29) is 6.61 Å². The normalized spacial score (nSPS) is 10.6. The quantitative estimate of drug-likeness (QED) is 0.781. The highest BCUT2D eigenvalue weighted by atomic mass is 32.2. The third kappa shape index (κ3) is 1.89. The molecule has 0 fully saturated rings. The second-order valence-electron chi connectivity index (χ2n) is 2.90. The SMILES string of the molecule is OCCSc1cccc2cccnc12. The Morgan fingerprint density at radius 2 is 2.07 bits per heavy atom. The van der Waals surface area contributed by atoms with E-state index in [4.69, 9.17) is 5.11 Å². The Labute approximate surface area is 87.0 Å². The smallest absolute Gasteiger partial charge is 0.0837 e. The molecule has 0 saturated carbocycles. The van der Waals surface area contributed by atoms with Crippen LogP contribution in [-0.2, 0) is 0 Å². The summed E-state index contributed by atoms with van der Waals surface area (Å²) in [6.07, 6.45) is 1.80. The van der Waals surface area contributed by atoms with Crippen molar-refractivity contribution in [1.82, 2.24) is 4.98 Å². The van der Waals surface area contributed by atoms with Crippen molar-refractivity contribution in [2.75, 3.05) is 12.4 Å². The van der Waals surface area contributed by atoms with Crippen LogP contribution in [0.5, 0.6) is 0 Å². The molecule has 0 spiro atoms. The minimum absolute atomic E-state index is 0.202. The molecule has 0 aliphatic carbocycles. The van der Waals surface area contributed by atoms with Crippen LogP contribution in [0.4, 0.5) is 0 Å². The lowest BCUT2D eigenvalue weighted by atomic mass is 10.2. The number of rotatable bonds is 3. The first kappa shape index (κ1) is 9.49. The molecular weight excluding hydrogens is 194 g/mol. The summed E-state index contributed by atoms with van der Waals surface area (Å²) in [6.45, 7) is 0.202. The number of benzene rings is 1. The van der Waals surface area contributed by atoms with E-state index >= 15 is 0 Å². The van der Waals surface area contributed by atoms with Gasteiger partial charge in [0.1, 0.15) is 0 Å². The summed E-state index contributed by atoms with van der Waals surface area (Å²) in [6, 6.07) is 10.1. The molecule has 0 bridgehead atoms. The van der Waals surface area contributed by atoms with Crippen molar-refractivity contribution in [3.63, 3.8) is 0 Å². The van der Waals surface area contributed by atoms with Crippen molar-refractivity contribution >= 4 is 22.7 Å². The van der Waals surface area contributed by atoms with Gasteiger partial charge in [-0.15, -0.1) is 11.8 Å². The van der Waals surface area contributed by atoms with Crippen LogP contribution in [0.1, 0.15) is 0 Å². The molecule has 2 aromatic rings. The van der Waals surface area contributed by atoms with Gasteiger partial charge in [-0.2, -0.15) is 0 Å². The molecule has 1 aromatic carbocycles. The van der Waals surface area contributed by atoms with E-state index in [1.54, 1.807) is 18.0 Å². The summed E-state index contributed by atoms with van der Waals surface area (Å²) in [5.74, 6) is 0.718. The third-order valence-corrected chi connectivity index (χ3v) is 2.97. The maximum absolute atomic E-state index is 8.76. The van der Waals surface area contributed by atoms with Gasteiger partial charge in [-0.25, -0.2) is 0 Å². The first-order valence-electron chi connectivity index (χ1n) is 4.49. The summed E-state index contributed by atoms with van der Waals surface area (Å²) < 4.78 is 0. The molecule has 0 unspecified atom stereocenters. The number of fused-ring (bicyclic) bond motifs is 1. The topological polar surface area (TPSA) is 33.1 Å². The summed E-state index contributed by atoms with van der Waals surface area (Å²) in [5.41, 5.74) is 1.02. The highest BCUT2D eigenvalue weighted by Gasteiger charge is 2.00. The van der Waals surface area contributed by atoms with Gasteiger partial charge < -0.3 is 5.11 Å². The lowest BCUT2D eigenvalue weighted by molar-refractivity contribution is 0.322. The van der Waals surface area contributed by atoms with E-state index in [9.17, 15) is 0 Å². The van der Waals surface area contributed by atoms with Gasteiger partial charge in [-0.1, -0.05) is 18.2 Å². The summed E-state index contributed by atoms with van der Waals surface area (Å²) in [7, 11) is 0. The van der Waals surface area contributed by atoms with Crippen LogP contribution in [0.2, 0.25) is 0 Å². The third-order valence-electron chi connectivity index (χ3n) is 1.94. The molecule has 14 heavy (non-hydrogen) atoms. The molecule has 2 rings (SSSR count). The predicted octanol–water partition coefficient (Wildman–Crippen LogP) is 2.32. The average molecular weight is 205 g/mol. The summed E-state index contributed by atoms with van der Waals surface area (Å²) in [5, 5.41) is 9.91. The molecule has 72 valence electrons. The van der Waals surface area contributed by atoms with Crippen molar-refractivity contribution in [2.24, 2.45) is 0 Å². The molecule has 0 radical (unpaired) electrons. The monoisotopic (exact) mass is 205 g/mol. The van der Waals surface area contributed by atoms with E-state index in [1.165, 1.54) is 0 Å². The number of aromatic nitrogens is 1. The molecule has 2 nitrogen and oxygen atoms in total. The molecule has 0 aliphatic rings. The number of aliphatic hydroxyl groups is 1. The van der Waals surface area contributed by atoms with Crippen LogP contribution in [0.3, 0.4) is 0 Å². The van der Waals surface area contributed by atoms with Crippen molar-refractivity contribution in [1.29, 1.82) is 0 Å². The van der Waals surface area contributed by atoms with Crippen LogP contribution in [-0.4, -0.2) is 22.5 Å². The van der Waals surface area contributed by atoms with E-state index in [1.807, 2.05) is 30.3 Å². The Hall–Kier alpha value is -1.06. The number of para-hydroxylation sites is 1. The lowest BCUT2D eigenvalue weighted by Crippen LogP contribution is -1.87. The van der Waals surface area contributed by atoms with Crippen molar-refractivity contribution < 1.29 is 5.11 Å². The summed E-state index contributed by atoms with van der Waals surface area (Å²) >= 11 is 1.64. The number of thioether (sulfide) groups is 1.